The lowest BCUT2D eigenvalue weighted by molar-refractivity contribution is -0.127. The monoisotopic (exact) mass is 498 g/mol. The quantitative estimate of drug-likeness (QED) is 0.405. The molecule has 35 heavy (non-hydrogen) atoms. The number of amides is 1. The highest BCUT2D eigenvalue weighted by Gasteiger charge is 2.30. The topological polar surface area (TPSA) is 101 Å². The first kappa shape index (κ1) is 25.8. The first-order valence-electron chi connectivity index (χ1n) is 11.0. The van der Waals surface area contributed by atoms with Crippen molar-refractivity contribution in [2.24, 2.45) is 0 Å². The van der Waals surface area contributed by atoms with Gasteiger partial charge >= 0.3 is 0 Å². The maximum atomic E-state index is 13.7. The summed E-state index contributed by atoms with van der Waals surface area (Å²) < 4.78 is 39.7. The summed E-state index contributed by atoms with van der Waals surface area (Å²) in [6.07, 6.45) is 3.39. The highest BCUT2D eigenvalue weighted by Crippen LogP contribution is 2.32. The molecule has 1 amide bonds. The number of pyridine rings is 1. The summed E-state index contributed by atoms with van der Waals surface area (Å²) in [6.45, 7) is 2.35. The van der Waals surface area contributed by atoms with Gasteiger partial charge in [-0.3, -0.25) is 14.1 Å². The van der Waals surface area contributed by atoms with Gasteiger partial charge in [0.05, 0.1) is 12.8 Å². The molecular weight excluding hydrogens is 468 g/mol. The van der Waals surface area contributed by atoms with Crippen LogP contribution in [0.2, 0.25) is 0 Å². The predicted octanol–water partition coefficient (Wildman–Crippen LogP) is 3.17. The minimum atomic E-state index is -4.13. The summed E-state index contributed by atoms with van der Waals surface area (Å²) in [5.74, 6) is 0.323. The summed E-state index contributed by atoms with van der Waals surface area (Å²) >= 11 is 0. The molecule has 9 nitrogen and oxygen atoms in total. The lowest BCUT2D eigenvalue weighted by Crippen LogP contribution is -2.40. The van der Waals surface area contributed by atoms with Crippen molar-refractivity contribution >= 4 is 27.3 Å². The van der Waals surface area contributed by atoms with E-state index in [-0.39, 0.29) is 23.1 Å². The summed E-state index contributed by atoms with van der Waals surface area (Å²) in [5.41, 5.74) is 2.03. The second-order valence-corrected chi connectivity index (χ2v) is 9.80. The first-order chi connectivity index (χ1) is 16.7. The summed E-state index contributed by atoms with van der Waals surface area (Å²) in [4.78, 5) is 17.9. The molecule has 1 N–H and O–H groups in total. The molecule has 0 fully saturated rings. The molecule has 0 bridgehead atoms. The van der Waals surface area contributed by atoms with E-state index in [1.54, 1.807) is 56.8 Å². The van der Waals surface area contributed by atoms with Gasteiger partial charge in [-0.25, -0.2) is 8.42 Å². The van der Waals surface area contributed by atoms with Gasteiger partial charge in [0, 0.05) is 44.8 Å². The second kappa shape index (κ2) is 11.6. The Balaban J connectivity index is 1.89. The van der Waals surface area contributed by atoms with Crippen molar-refractivity contribution in [3.63, 3.8) is 0 Å². The number of para-hydroxylation sites is 1. The molecule has 0 aliphatic heterocycles. The van der Waals surface area contributed by atoms with Crippen LogP contribution in [0, 0.1) is 6.92 Å². The van der Waals surface area contributed by atoms with E-state index in [0.717, 1.165) is 15.6 Å². The molecule has 0 atom stereocenters. The zero-order valence-electron chi connectivity index (χ0n) is 20.3. The fourth-order valence-electron chi connectivity index (χ4n) is 3.32. The minimum Gasteiger partial charge on any atom is -0.495 e. The molecule has 0 saturated carbocycles. The van der Waals surface area contributed by atoms with Gasteiger partial charge in [-0.2, -0.15) is 0 Å². The van der Waals surface area contributed by atoms with Gasteiger partial charge in [0.25, 0.3) is 10.0 Å². The zero-order valence-corrected chi connectivity index (χ0v) is 21.1. The van der Waals surface area contributed by atoms with Crippen molar-refractivity contribution in [2.75, 3.05) is 50.5 Å². The number of hydrogen-bond donors (Lipinski definition) is 1. The second-order valence-electron chi connectivity index (χ2n) is 7.97. The van der Waals surface area contributed by atoms with Crippen LogP contribution in [0.5, 0.6) is 11.5 Å². The molecule has 3 rings (SSSR count). The number of carbonyl (C=O) groups is 1. The maximum Gasteiger partial charge on any atom is 0.268 e. The van der Waals surface area contributed by atoms with Gasteiger partial charge in [-0.1, -0.05) is 12.1 Å². The minimum absolute atomic E-state index is 0.0282. The number of sulfonamides is 1. The van der Waals surface area contributed by atoms with E-state index in [1.165, 1.54) is 18.1 Å². The van der Waals surface area contributed by atoms with Crippen LogP contribution in [-0.4, -0.2) is 65.1 Å². The van der Waals surface area contributed by atoms with E-state index in [9.17, 15) is 13.2 Å². The fraction of sp³-hybridized carbons (Fsp3) is 0.280. The Morgan fingerprint density at radius 3 is 2.46 bits per heavy atom. The highest BCUT2D eigenvalue weighted by molar-refractivity contribution is 7.93. The number of anilines is 2. The maximum absolute atomic E-state index is 13.7. The number of nitrogens with zero attached hydrogens (tertiary/aromatic N) is 3. The molecule has 0 aliphatic carbocycles. The van der Waals surface area contributed by atoms with Gasteiger partial charge in [0.2, 0.25) is 5.91 Å². The van der Waals surface area contributed by atoms with Crippen LogP contribution < -0.4 is 19.1 Å². The van der Waals surface area contributed by atoms with Gasteiger partial charge in [-0.05, 0) is 48.9 Å². The van der Waals surface area contributed by atoms with Crippen LogP contribution in [0.4, 0.5) is 11.4 Å². The van der Waals surface area contributed by atoms with E-state index >= 15 is 0 Å². The molecule has 1 heterocycles. The van der Waals surface area contributed by atoms with E-state index in [4.69, 9.17) is 9.47 Å². The van der Waals surface area contributed by atoms with E-state index in [2.05, 4.69) is 10.3 Å². The number of rotatable bonds is 11. The number of methoxy groups -OCH3 is 1. The van der Waals surface area contributed by atoms with Crippen molar-refractivity contribution < 1.29 is 22.7 Å². The van der Waals surface area contributed by atoms with Gasteiger partial charge in [0.15, 0.2) is 0 Å². The molecule has 0 unspecified atom stereocenters. The third-order valence-electron chi connectivity index (χ3n) is 5.12. The number of nitrogens with one attached hydrogen (secondary N) is 1. The Bertz CT molecular complexity index is 1250. The summed E-state index contributed by atoms with van der Waals surface area (Å²) in [5, 5.41) is 3.23. The fourth-order valence-corrected chi connectivity index (χ4v) is 4.88. The van der Waals surface area contributed by atoms with Crippen LogP contribution in [-0.2, 0) is 14.8 Å². The van der Waals surface area contributed by atoms with E-state index in [1.807, 2.05) is 25.1 Å². The molecule has 0 radical (unpaired) electrons. The largest absolute Gasteiger partial charge is 0.495 e. The van der Waals surface area contributed by atoms with Gasteiger partial charge in [-0.15, -0.1) is 0 Å². The Labute approximate surface area is 206 Å². The number of aromatic nitrogens is 1. The lowest BCUT2D eigenvalue weighted by Gasteiger charge is -2.27. The summed E-state index contributed by atoms with van der Waals surface area (Å²) in [6, 6.07) is 15.2. The molecule has 10 heteroatoms. The van der Waals surface area contributed by atoms with E-state index in [0.29, 0.717) is 24.6 Å². The van der Waals surface area contributed by atoms with Crippen LogP contribution in [0.25, 0.3) is 0 Å². The SMILES string of the molecule is COc1ccccc1S(=O)(=O)N(CC(=O)N(C)C)c1cc(C)cc(OCCNc2ccncc2)c1. The van der Waals surface area contributed by atoms with Crippen LogP contribution in [0.15, 0.2) is 71.9 Å². The highest BCUT2D eigenvalue weighted by atomic mass is 32.2. The number of carbonyl (C=O) groups excluding carboxylic acids is 1. The number of ether oxygens (including phenoxy) is 2. The van der Waals surface area contributed by atoms with Gasteiger partial charge in [0.1, 0.15) is 29.5 Å². The van der Waals surface area contributed by atoms with Crippen molar-refractivity contribution in [1.29, 1.82) is 0 Å². The molecule has 2 aromatic carbocycles. The molecule has 1 aromatic heterocycles. The van der Waals surface area contributed by atoms with Crippen molar-refractivity contribution in [2.45, 2.75) is 11.8 Å². The van der Waals surface area contributed by atoms with Crippen LogP contribution in [0.3, 0.4) is 0 Å². The number of likely N-dealkylation sites (N-methyl/N-ethyl adjacent to an activating group) is 1. The first-order valence-corrected chi connectivity index (χ1v) is 12.4. The number of aryl methyl sites for hydroxylation is 1. The number of benzene rings is 2. The van der Waals surface area contributed by atoms with Crippen molar-refractivity contribution in [1.82, 2.24) is 9.88 Å². The van der Waals surface area contributed by atoms with Crippen LogP contribution in [0.1, 0.15) is 5.56 Å². The summed E-state index contributed by atoms with van der Waals surface area (Å²) in [7, 11) is 0.432. The predicted molar refractivity (Wildman–Crippen MR) is 136 cm³/mol. The molecule has 3 aromatic rings. The Kier molecular flexibility index (Phi) is 8.53. The Hall–Kier alpha value is -3.79. The van der Waals surface area contributed by atoms with Crippen LogP contribution >= 0.6 is 0 Å². The lowest BCUT2D eigenvalue weighted by atomic mass is 10.2. The normalized spacial score (nSPS) is 11.0. The third-order valence-corrected chi connectivity index (χ3v) is 6.93. The molecule has 0 saturated heterocycles. The standard InChI is InChI=1S/C25H30N4O5S/c1-19-15-21(17-22(16-19)34-14-13-27-20-9-11-26-12-10-20)29(18-25(30)28(2)3)35(31,32)24-8-6-5-7-23(24)33-4/h5-12,15-17H,13-14,18H2,1-4H3,(H,26,27). The zero-order chi connectivity index (χ0) is 25.4. The molecular formula is C25H30N4O5S. The molecule has 0 aliphatic rings. The Morgan fingerprint density at radius 1 is 1.06 bits per heavy atom. The third kappa shape index (κ3) is 6.63. The van der Waals surface area contributed by atoms with Gasteiger partial charge < -0.3 is 19.7 Å². The van der Waals surface area contributed by atoms with E-state index < -0.39 is 10.0 Å². The average Bonchev–Trinajstić information content (AvgIpc) is 2.85. The molecule has 0 spiro atoms. The smallest absolute Gasteiger partial charge is 0.268 e. The van der Waals surface area contributed by atoms with Crippen molar-refractivity contribution in [3.05, 3.63) is 72.6 Å². The average molecular weight is 499 g/mol. The Morgan fingerprint density at radius 2 is 1.77 bits per heavy atom. The number of hydrogen-bond acceptors (Lipinski definition) is 7. The molecule has 186 valence electrons. The van der Waals surface area contributed by atoms with Crippen molar-refractivity contribution in [3.8, 4) is 11.5 Å².